The van der Waals surface area contributed by atoms with Gasteiger partial charge in [-0.15, -0.1) is 36.2 Å². The lowest BCUT2D eigenvalue weighted by Crippen LogP contribution is -2.40. The Hall–Kier alpha value is -0.850. The summed E-state index contributed by atoms with van der Waals surface area (Å²) in [4.78, 5) is 20.2. The molecule has 4 nitrogen and oxygen atoms in total. The second kappa shape index (κ2) is 10.5. The minimum absolute atomic E-state index is 0. The first-order valence-electron chi connectivity index (χ1n) is 8.25. The van der Waals surface area contributed by atoms with Crippen molar-refractivity contribution in [1.82, 2.24) is 15.2 Å². The van der Waals surface area contributed by atoms with E-state index < -0.39 is 0 Å². The molecule has 26 heavy (non-hydrogen) atoms. The normalized spacial score (nSPS) is 14.5. The smallest absolute Gasteiger partial charge is 0.265 e. The molecule has 1 aliphatic rings. The first-order valence-corrected chi connectivity index (χ1v) is 9.45. The molecule has 0 aliphatic carbocycles. The average molecular weight is 437 g/mol. The summed E-state index contributed by atoms with van der Waals surface area (Å²) < 4.78 is 0. The van der Waals surface area contributed by atoms with Crippen LogP contribution in [0.25, 0.3) is 10.6 Å². The highest BCUT2D eigenvalue weighted by Crippen LogP contribution is 2.30. The Morgan fingerprint density at radius 3 is 2.46 bits per heavy atom. The second-order valence-corrected chi connectivity index (χ2v) is 7.67. The van der Waals surface area contributed by atoms with Crippen LogP contribution in [0.5, 0.6) is 0 Å². The molecule has 0 unspecified atom stereocenters. The molecule has 1 aromatic carbocycles. The molecule has 1 saturated heterocycles. The standard InChI is InChI=1S/C18H22ClN3OS.2ClH/c1-12-16(18(23)22-9-7-13(8-10-22)11-20-2)24-17(21-12)14-3-5-15(19)6-4-14;;/h3-6,13,20H,7-11H2,1-2H3;2*1H. The van der Waals surface area contributed by atoms with Crippen molar-refractivity contribution in [2.75, 3.05) is 26.7 Å². The van der Waals surface area contributed by atoms with Crippen LogP contribution in [0.4, 0.5) is 0 Å². The van der Waals surface area contributed by atoms with E-state index in [2.05, 4.69) is 10.3 Å². The number of piperidine rings is 1. The number of halogens is 3. The van der Waals surface area contributed by atoms with Crippen molar-refractivity contribution in [3.05, 3.63) is 39.9 Å². The zero-order valence-corrected chi connectivity index (χ0v) is 18.0. The Balaban J connectivity index is 0.00000169. The first-order chi connectivity index (χ1) is 11.6. The van der Waals surface area contributed by atoms with Gasteiger partial charge in [-0.2, -0.15) is 0 Å². The second-order valence-electron chi connectivity index (χ2n) is 6.23. The predicted molar refractivity (Wildman–Crippen MR) is 114 cm³/mol. The number of aromatic nitrogens is 1. The van der Waals surface area contributed by atoms with Gasteiger partial charge in [0.25, 0.3) is 5.91 Å². The number of aryl methyl sites for hydroxylation is 1. The van der Waals surface area contributed by atoms with Gasteiger partial charge in [0.1, 0.15) is 9.88 Å². The Morgan fingerprint density at radius 2 is 1.88 bits per heavy atom. The maximum absolute atomic E-state index is 12.8. The zero-order chi connectivity index (χ0) is 17.1. The van der Waals surface area contributed by atoms with E-state index in [1.807, 2.05) is 43.1 Å². The monoisotopic (exact) mass is 435 g/mol. The molecule has 0 bridgehead atoms. The molecule has 2 aromatic rings. The third-order valence-electron chi connectivity index (χ3n) is 4.48. The fourth-order valence-corrected chi connectivity index (χ4v) is 4.25. The van der Waals surface area contributed by atoms with Crippen molar-refractivity contribution in [2.45, 2.75) is 19.8 Å². The zero-order valence-electron chi connectivity index (χ0n) is 14.8. The molecule has 0 radical (unpaired) electrons. The van der Waals surface area contributed by atoms with Crippen LogP contribution < -0.4 is 5.32 Å². The van der Waals surface area contributed by atoms with Crippen molar-refractivity contribution < 1.29 is 4.79 Å². The largest absolute Gasteiger partial charge is 0.338 e. The third-order valence-corrected chi connectivity index (χ3v) is 5.92. The maximum Gasteiger partial charge on any atom is 0.265 e. The van der Waals surface area contributed by atoms with Gasteiger partial charge in [0.2, 0.25) is 0 Å². The van der Waals surface area contributed by atoms with Gasteiger partial charge in [-0.3, -0.25) is 4.79 Å². The van der Waals surface area contributed by atoms with Gasteiger partial charge >= 0.3 is 0 Å². The Labute approximate surface area is 176 Å². The number of benzene rings is 1. The van der Waals surface area contributed by atoms with Crippen molar-refractivity contribution in [2.24, 2.45) is 5.92 Å². The van der Waals surface area contributed by atoms with Crippen LogP contribution in [-0.2, 0) is 0 Å². The number of hydrogen-bond acceptors (Lipinski definition) is 4. The van der Waals surface area contributed by atoms with E-state index in [0.29, 0.717) is 10.9 Å². The van der Waals surface area contributed by atoms with Gasteiger partial charge in [-0.05, 0) is 51.4 Å². The molecule has 0 atom stereocenters. The van der Waals surface area contributed by atoms with Crippen LogP contribution in [0.1, 0.15) is 28.2 Å². The van der Waals surface area contributed by atoms with E-state index in [0.717, 1.165) is 53.6 Å². The van der Waals surface area contributed by atoms with Crippen LogP contribution in [0.15, 0.2) is 24.3 Å². The summed E-state index contributed by atoms with van der Waals surface area (Å²) in [7, 11) is 1.98. The Bertz CT molecular complexity index is 713. The van der Waals surface area contributed by atoms with E-state index >= 15 is 0 Å². The number of amides is 1. The number of nitrogens with one attached hydrogen (secondary N) is 1. The van der Waals surface area contributed by atoms with E-state index in [-0.39, 0.29) is 30.7 Å². The molecule has 1 fully saturated rings. The Kier molecular flexibility index (Phi) is 9.34. The lowest BCUT2D eigenvalue weighted by atomic mass is 9.97. The molecular weight excluding hydrogens is 413 g/mol. The fraction of sp³-hybridized carbons (Fsp3) is 0.444. The number of carbonyl (C=O) groups excluding carboxylic acids is 1. The molecule has 0 saturated carbocycles. The van der Waals surface area contributed by atoms with Gasteiger partial charge in [0, 0.05) is 23.7 Å². The number of hydrogen-bond donors (Lipinski definition) is 1. The lowest BCUT2D eigenvalue weighted by molar-refractivity contribution is 0.0695. The quantitative estimate of drug-likeness (QED) is 0.756. The SMILES string of the molecule is CNCC1CCN(C(=O)c2sc(-c3ccc(Cl)cc3)nc2C)CC1.Cl.Cl. The van der Waals surface area contributed by atoms with Gasteiger partial charge < -0.3 is 10.2 Å². The number of carbonyl (C=O) groups is 1. The molecule has 0 spiro atoms. The first kappa shape index (κ1) is 23.2. The van der Waals surface area contributed by atoms with Crippen molar-refractivity contribution in [1.29, 1.82) is 0 Å². The topological polar surface area (TPSA) is 45.2 Å². The summed E-state index contributed by atoms with van der Waals surface area (Å²) in [5, 5.41) is 4.80. The van der Waals surface area contributed by atoms with Crippen molar-refractivity contribution in [3.63, 3.8) is 0 Å². The fourth-order valence-electron chi connectivity index (χ4n) is 3.08. The summed E-state index contributed by atoms with van der Waals surface area (Å²) in [6.07, 6.45) is 2.13. The Morgan fingerprint density at radius 1 is 1.27 bits per heavy atom. The van der Waals surface area contributed by atoms with E-state index in [9.17, 15) is 4.79 Å². The number of rotatable bonds is 4. The average Bonchev–Trinajstić information content (AvgIpc) is 2.98. The van der Waals surface area contributed by atoms with Crippen molar-refractivity contribution in [3.8, 4) is 10.6 Å². The number of likely N-dealkylation sites (tertiary alicyclic amines) is 1. The summed E-state index contributed by atoms with van der Waals surface area (Å²) in [6, 6.07) is 7.58. The number of thiazole rings is 1. The van der Waals surface area contributed by atoms with Crippen LogP contribution in [0, 0.1) is 12.8 Å². The van der Waals surface area contributed by atoms with E-state index in [4.69, 9.17) is 11.6 Å². The summed E-state index contributed by atoms with van der Waals surface area (Å²) >= 11 is 7.41. The lowest BCUT2D eigenvalue weighted by Gasteiger charge is -2.31. The molecule has 1 aromatic heterocycles. The summed E-state index contributed by atoms with van der Waals surface area (Å²) in [5.41, 5.74) is 1.81. The highest BCUT2D eigenvalue weighted by Gasteiger charge is 2.26. The third kappa shape index (κ3) is 5.33. The van der Waals surface area contributed by atoms with Gasteiger partial charge in [-0.25, -0.2) is 4.98 Å². The van der Waals surface area contributed by atoms with E-state index in [1.54, 1.807) is 0 Å². The summed E-state index contributed by atoms with van der Waals surface area (Å²) in [5.74, 6) is 0.791. The molecule has 1 aliphatic heterocycles. The molecule has 1 N–H and O–H groups in total. The minimum Gasteiger partial charge on any atom is -0.338 e. The van der Waals surface area contributed by atoms with Gasteiger partial charge in [-0.1, -0.05) is 23.7 Å². The van der Waals surface area contributed by atoms with Crippen LogP contribution in [-0.4, -0.2) is 42.5 Å². The van der Waals surface area contributed by atoms with Gasteiger partial charge in [0.05, 0.1) is 5.69 Å². The summed E-state index contributed by atoms with van der Waals surface area (Å²) in [6.45, 7) is 4.61. The molecule has 3 rings (SSSR count). The molecule has 2 heterocycles. The van der Waals surface area contributed by atoms with Crippen molar-refractivity contribution >= 4 is 53.7 Å². The minimum atomic E-state index is 0. The predicted octanol–water partition coefficient (Wildman–Crippen LogP) is 4.69. The highest BCUT2D eigenvalue weighted by molar-refractivity contribution is 7.17. The molecule has 144 valence electrons. The maximum atomic E-state index is 12.8. The van der Waals surface area contributed by atoms with E-state index in [1.165, 1.54) is 11.3 Å². The molecule has 8 heteroatoms. The molecule has 1 amide bonds. The number of nitrogens with zero attached hydrogens (tertiary/aromatic N) is 2. The van der Waals surface area contributed by atoms with Crippen LogP contribution in [0.2, 0.25) is 5.02 Å². The van der Waals surface area contributed by atoms with Crippen LogP contribution in [0.3, 0.4) is 0 Å². The van der Waals surface area contributed by atoms with Crippen LogP contribution >= 0.6 is 47.8 Å². The molecular formula is C18H24Cl3N3OS. The van der Waals surface area contributed by atoms with Gasteiger partial charge in [0.15, 0.2) is 0 Å². The highest BCUT2D eigenvalue weighted by atomic mass is 35.5.